The fourth-order valence-corrected chi connectivity index (χ4v) is 2.47. The van der Waals surface area contributed by atoms with E-state index in [1.807, 2.05) is 6.07 Å². The van der Waals surface area contributed by atoms with Gasteiger partial charge in [0.25, 0.3) is 0 Å². The number of hydrogen-bond donors (Lipinski definition) is 1. The zero-order valence-electron chi connectivity index (χ0n) is 10.3. The summed E-state index contributed by atoms with van der Waals surface area (Å²) in [5, 5.41) is 3.60. The number of nitrogens with one attached hydrogen (secondary N) is 1. The molecular weight excluding hydrogens is 210 g/mol. The van der Waals surface area contributed by atoms with E-state index < -0.39 is 0 Å². The van der Waals surface area contributed by atoms with Crippen LogP contribution < -0.4 is 5.32 Å². The van der Waals surface area contributed by atoms with Crippen molar-refractivity contribution in [2.45, 2.75) is 38.8 Å². The number of aryl methyl sites for hydroxylation is 1. The molecule has 3 nitrogen and oxygen atoms in total. The Balaban J connectivity index is 1.72. The topological polar surface area (TPSA) is 29.9 Å². The fourth-order valence-electron chi connectivity index (χ4n) is 2.47. The molecule has 0 radical (unpaired) electrons. The first-order valence-electron chi connectivity index (χ1n) is 6.50. The van der Waals surface area contributed by atoms with E-state index in [9.17, 15) is 0 Å². The summed E-state index contributed by atoms with van der Waals surface area (Å²) in [5.41, 5.74) is 2.36. The Morgan fingerprint density at radius 2 is 2.18 bits per heavy atom. The van der Waals surface area contributed by atoms with Gasteiger partial charge in [0, 0.05) is 19.1 Å². The predicted octanol–water partition coefficient (Wildman–Crippen LogP) is 2.49. The molecule has 1 aromatic carbocycles. The summed E-state index contributed by atoms with van der Waals surface area (Å²) in [7, 11) is 0. The number of nitrogens with zero attached hydrogens (tertiary/aromatic N) is 2. The number of imidazole rings is 1. The van der Waals surface area contributed by atoms with E-state index in [0.717, 1.165) is 30.5 Å². The lowest BCUT2D eigenvalue weighted by atomic mass is 9.93. The van der Waals surface area contributed by atoms with Crippen LogP contribution in [0.2, 0.25) is 0 Å². The van der Waals surface area contributed by atoms with Crippen molar-refractivity contribution in [3.8, 4) is 0 Å². The van der Waals surface area contributed by atoms with E-state index in [1.54, 1.807) is 0 Å². The zero-order valence-corrected chi connectivity index (χ0v) is 10.3. The van der Waals surface area contributed by atoms with Gasteiger partial charge in [0.05, 0.1) is 11.0 Å². The van der Waals surface area contributed by atoms with Crippen molar-refractivity contribution in [2.24, 2.45) is 0 Å². The highest BCUT2D eigenvalue weighted by molar-refractivity contribution is 5.75. The smallest absolute Gasteiger partial charge is 0.106 e. The highest BCUT2D eigenvalue weighted by Gasteiger charge is 2.16. The van der Waals surface area contributed by atoms with Crippen LogP contribution in [0.3, 0.4) is 0 Å². The van der Waals surface area contributed by atoms with Crippen LogP contribution in [0.1, 0.15) is 25.1 Å². The monoisotopic (exact) mass is 229 g/mol. The molecule has 0 bridgehead atoms. The maximum atomic E-state index is 4.58. The van der Waals surface area contributed by atoms with Crippen molar-refractivity contribution < 1.29 is 0 Å². The van der Waals surface area contributed by atoms with Crippen molar-refractivity contribution in [1.29, 1.82) is 0 Å². The maximum absolute atomic E-state index is 4.58. The average molecular weight is 229 g/mol. The van der Waals surface area contributed by atoms with Gasteiger partial charge < -0.3 is 9.88 Å². The molecule has 0 aliphatic heterocycles. The Morgan fingerprint density at radius 3 is 2.94 bits per heavy atom. The van der Waals surface area contributed by atoms with Crippen molar-refractivity contribution in [1.82, 2.24) is 14.9 Å². The van der Waals surface area contributed by atoms with E-state index in [2.05, 4.69) is 40.0 Å². The molecular formula is C14H19N3. The molecule has 1 fully saturated rings. The minimum atomic E-state index is 0.769. The highest BCUT2D eigenvalue weighted by Crippen LogP contribution is 2.18. The molecule has 0 amide bonds. The first kappa shape index (κ1) is 10.8. The van der Waals surface area contributed by atoms with E-state index in [-0.39, 0.29) is 0 Å². The summed E-state index contributed by atoms with van der Waals surface area (Å²) < 4.78 is 2.31. The molecule has 1 heterocycles. The first-order valence-corrected chi connectivity index (χ1v) is 6.50. The second-order valence-electron chi connectivity index (χ2n) is 4.88. The third-order valence-corrected chi connectivity index (χ3v) is 3.72. The lowest BCUT2D eigenvalue weighted by molar-refractivity contribution is 0.335. The molecule has 3 rings (SSSR count). The van der Waals surface area contributed by atoms with Gasteiger partial charge in [0.2, 0.25) is 0 Å². The molecule has 1 saturated carbocycles. The van der Waals surface area contributed by atoms with Crippen LogP contribution in [0, 0.1) is 6.92 Å². The Bertz CT molecular complexity index is 511. The van der Waals surface area contributed by atoms with Gasteiger partial charge in [-0.25, -0.2) is 4.98 Å². The van der Waals surface area contributed by atoms with Crippen LogP contribution >= 0.6 is 0 Å². The molecule has 1 aliphatic carbocycles. The van der Waals surface area contributed by atoms with Gasteiger partial charge in [-0.3, -0.25) is 0 Å². The van der Waals surface area contributed by atoms with Crippen LogP contribution in [0.4, 0.5) is 0 Å². The van der Waals surface area contributed by atoms with Crippen LogP contribution in [0.25, 0.3) is 11.0 Å². The Kier molecular flexibility index (Phi) is 2.85. The summed E-state index contributed by atoms with van der Waals surface area (Å²) in [6.45, 7) is 4.15. The molecule has 0 spiro atoms. The summed E-state index contributed by atoms with van der Waals surface area (Å²) in [6.07, 6.45) is 4.10. The van der Waals surface area contributed by atoms with Gasteiger partial charge in [-0.1, -0.05) is 18.6 Å². The second kappa shape index (κ2) is 4.49. The Hall–Kier alpha value is -1.35. The van der Waals surface area contributed by atoms with Crippen molar-refractivity contribution in [3.63, 3.8) is 0 Å². The molecule has 90 valence electrons. The minimum absolute atomic E-state index is 0.769. The van der Waals surface area contributed by atoms with E-state index >= 15 is 0 Å². The van der Waals surface area contributed by atoms with Crippen LogP contribution in [-0.4, -0.2) is 22.1 Å². The molecule has 2 aromatic rings. The number of fused-ring (bicyclic) bond motifs is 1. The quantitative estimate of drug-likeness (QED) is 0.873. The van der Waals surface area contributed by atoms with Crippen molar-refractivity contribution in [2.75, 3.05) is 6.54 Å². The molecule has 0 saturated heterocycles. The van der Waals surface area contributed by atoms with Gasteiger partial charge >= 0.3 is 0 Å². The third kappa shape index (κ3) is 2.07. The zero-order chi connectivity index (χ0) is 11.7. The van der Waals surface area contributed by atoms with Gasteiger partial charge in [-0.15, -0.1) is 0 Å². The van der Waals surface area contributed by atoms with E-state index in [0.29, 0.717) is 0 Å². The van der Waals surface area contributed by atoms with Crippen LogP contribution in [-0.2, 0) is 6.54 Å². The molecule has 3 heteroatoms. The fraction of sp³-hybridized carbons (Fsp3) is 0.500. The van der Waals surface area contributed by atoms with E-state index in [4.69, 9.17) is 0 Å². The summed E-state index contributed by atoms with van der Waals surface area (Å²) in [6, 6.07) is 9.13. The molecule has 1 aromatic heterocycles. The average Bonchev–Trinajstić information content (AvgIpc) is 2.58. The largest absolute Gasteiger partial charge is 0.327 e. The molecule has 0 unspecified atom stereocenters. The molecule has 1 aliphatic rings. The van der Waals surface area contributed by atoms with Crippen molar-refractivity contribution >= 4 is 11.0 Å². The molecule has 0 atom stereocenters. The van der Waals surface area contributed by atoms with Crippen molar-refractivity contribution in [3.05, 3.63) is 30.1 Å². The summed E-state index contributed by atoms with van der Waals surface area (Å²) >= 11 is 0. The first-order chi connectivity index (χ1) is 8.34. The predicted molar refractivity (Wildman–Crippen MR) is 70.1 cm³/mol. The summed E-state index contributed by atoms with van der Waals surface area (Å²) in [4.78, 5) is 4.58. The van der Waals surface area contributed by atoms with Gasteiger partial charge in [0.1, 0.15) is 5.82 Å². The lowest BCUT2D eigenvalue weighted by Gasteiger charge is -2.26. The number of benzene rings is 1. The Morgan fingerprint density at radius 1 is 1.35 bits per heavy atom. The van der Waals surface area contributed by atoms with Gasteiger partial charge in [-0.2, -0.15) is 0 Å². The standard InChI is InChI=1S/C14H19N3/c1-11-16-13-7-2-3-8-14(13)17(11)10-9-15-12-5-4-6-12/h2-3,7-8,12,15H,4-6,9-10H2,1H3. The third-order valence-electron chi connectivity index (χ3n) is 3.72. The number of aromatic nitrogens is 2. The normalized spacial score (nSPS) is 16.3. The molecule has 1 N–H and O–H groups in total. The van der Waals surface area contributed by atoms with Gasteiger partial charge in [-0.05, 0) is 31.9 Å². The molecule has 17 heavy (non-hydrogen) atoms. The highest BCUT2D eigenvalue weighted by atomic mass is 15.1. The van der Waals surface area contributed by atoms with Crippen LogP contribution in [0.15, 0.2) is 24.3 Å². The van der Waals surface area contributed by atoms with Gasteiger partial charge in [0.15, 0.2) is 0 Å². The SMILES string of the molecule is Cc1nc2ccccc2n1CCNC1CCC1. The number of hydrogen-bond acceptors (Lipinski definition) is 2. The van der Waals surface area contributed by atoms with E-state index in [1.165, 1.54) is 24.8 Å². The number of para-hydroxylation sites is 2. The maximum Gasteiger partial charge on any atom is 0.106 e. The minimum Gasteiger partial charge on any atom is -0.327 e. The summed E-state index contributed by atoms with van der Waals surface area (Å²) in [5.74, 6) is 1.11. The van der Waals surface area contributed by atoms with Crippen LogP contribution in [0.5, 0.6) is 0 Å². The lowest BCUT2D eigenvalue weighted by Crippen LogP contribution is -2.37. The Labute approximate surface area is 102 Å². The number of rotatable bonds is 4. The second-order valence-corrected chi connectivity index (χ2v) is 4.88.